The van der Waals surface area contributed by atoms with Gasteiger partial charge in [-0.1, -0.05) is 50.6 Å². The largest absolute Gasteiger partial charge is 0.351 e. The average molecular weight is 410 g/mol. The van der Waals surface area contributed by atoms with Crippen molar-refractivity contribution in [3.8, 4) is 0 Å². The summed E-state index contributed by atoms with van der Waals surface area (Å²) in [6.45, 7) is 7.11. The van der Waals surface area contributed by atoms with Crippen LogP contribution in [0.1, 0.15) is 36.9 Å². The SMILES string of the molecule is CN(C)CCC(NC(=O)CNC(=O)c1sc2ccccc2c1Cl)C(C)(C)C. The molecule has 2 rings (SSSR count). The van der Waals surface area contributed by atoms with Crippen molar-refractivity contribution in [1.82, 2.24) is 15.5 Å². The fourth-order valence-corrected chi connectivity index (χ4v) is 4.19. The molecule has 2 aromatic rings. The second kappa shape index (κ2) is 9.04. The Bertz CT molecular complexity index is 811. The quantitative estimate of drug-likeness (QED) is 0.731. The van der Waals surface area contributed by atoms with Crippen molar-refractivity contribution in [3.05, 3.63) is 34.2 Å². The summed E-state index contributed by atoms with van der Waals surface area (Å²) in [5.74, 6) is -0.517. The zero-order chi connectivity index (χ0) is 20.2. The molecule has 1 heterocycles. The van der Waals surface area contributed by atoms with Gasteiger partial charge in [0.25, 0.3) is 5.91 Å². The van der Waals surface area contributed by atoms with Gasteiger partial charge in [0.15, 0.2) is 0 Å². The van der Waals surface area contributed by atoms with Gasteiger partial charge in [-0.15, -0.1) is 11.3 Å². The zero-order valence-corrected chi connectivity index (χ0v) is 18.1. The Morgan fingerprint density at radius 1 is 1.22 bits per heavy atom. The molecule has 0 radical (unpaired) electrons. The minimum Gasteiger partial charge on any atom is -0.351 e. The van der Waals surface area contributed by atoms with Crippen LogP contribution in [0.15, 0.2) is 24.3 Å². The molecule has 2 amide bonds. The van der Waals surface area contributed by atoms with Crippen molar-refractivity contribution in [2.24, 2.45) is 5.41 Å². The summed E-state index contributed by atoms with van der Waals surface area (Å²) in [5.41, 5.74) is -0.0650. The topological polar surface area (TPSA) is 61.4 Å². The smallest absolute Gasteiger partial charge is 0.263 e. The molecule has 5 nitrogen and oxygen atoms in total. The second-order valence-electron chi connectivity index (χ2n) is 8.00. The lowest BCUT2D eigenvalue weighted by atomic mass is 9.84. The first-order valence-electron chi connectivity index (χ1n) is 8.99. The van der Waals surface area contributed by atoms with Crippen molar-refractivity contribution in [3.63, 3.8) is 0 Å². The van der Waals surface area contributed by atoms with E-state index >= 15 is 0 Å². The molecule has 0 aliphatic carbocycles. The molecule has 7 heteroatoms. The predicted molar refractivity (Wildman–Crippen MR) is 114 cm³/mol. The van der Waals surface area contributed by atoms with Gasteiger partial charge in [-0.2, -0.15) is 0 Å². The van der Waals surface area contributed by atoms with Gasteiger partial charge >= 0.3 is 0 Å². The van der Waals surface area contributed by atoms with Crippen LogP contribution in [0.2, 0.25) is 5.02 Å². The molecule has 0 saturated heterocycles. The van der Waals surface area contributed by atoms with E-state index < -0.39 is 0 Å². The summed E-state index contributed by atoms with van der Waals surface area (Å²) in [4.78, 5) is 27.4. The molecule has 1 atom stereocenters. The van der Waals surface area contributed by atoms with Crippen molar-refractivity contribution in [2.45, 2.75) is 33.2 Å². The van der Waals surface area contributed by atoms with Gasteiger partial charge in [0.05, 0.1) is 11.6 Å². The lowest BCUT2D eigenvalue weighted by Crippen LogP contribution is -2.48. The van der Waals surface area contributed by atoms with Crippen LogP contribution in [0.3, 0.4) is 0 Å². The van der Waals surface area contributed by atoms with E-state index in [1.807, 2.05) is 38.4 Å². The van der Waals surface area contributed by atoms with Crippen LogP contribution in [-0.2, 0) is 4.79 Å². The normalized spacial score (nSPS) is 13.0. The van der Waals surface area contributed by atoms with E-state index in [-0.39, 0.29) is 29.8 Å². The van der Waals surface area contributed by atoms with E-state index in [0.29, 0.717) is 9.90 Å². The summed E-state index contributed by atoms with van der Waals surface area (Å²) in [5, 5.41) is 7.03. The monoisotopic (exact) mass is 409 g/mol. The third-order valence-corrected chi connectivity index (χ3v) is 6.07. The molecule has 148 valence electrons. The van der Waals surface area contributed by atoms with Crippen LogP contribution < -0.4 is 10.6 Å². The first-order valence-corrected chi connectivity index (χ1v) is 10.2. The summed E-state index contributed by atoms with van der Waals surface area (Å²) < 4.78 is 0.952. The number of amides is 2. The lowest BCUT2D eigenvalue weighted by molar-refractivity contribution is -0.121. The van der Waals surface area contributed by atoms with Crippen LogP contribution in [-0.4, -0.2) is 49.9 Å². The third-order valence-electron chi connectivity index (χ3n) is 4.40. The highest BCUT2D eigenvalue weighted by atomic mass is 35.5. The Hall–Kier alpha value is -1.63. The number of halogens is 1. The molecule has 1 aromatic heterocycles. The maximum atomic E-state index is 12.5. The molecule has 0 spiro atoms. The van der Waals surface area contributed by atoms with Gasteiger partial charge in [-0.25, -0.2) is 0 Å². The first kappa shape index (κ1) is 21.7. The van der Waals surface area contributed by atoms with Crippen LogP contribution in [0, 0.1) is 5.41 Å². The summed E-state index contributed by atoms with van der Waals surface area (Å²) in [7, 11) is 4.02. The van der Waals surface area contributed by atoms with Gasteiger partial charge in [0, 0.05) is 16.1 Å². The highest BCUT2D eigenvalue weighted by Crippen LogP contribution is 2.34. The number of fused-ring (bicyclic) bond motifs is 1. The van der Waals surface area contributed by atoms with Crippen molar-refractivity contribution >= 4 is 44.8 Å². The maximum Gasteiger partial charge on any atom is 0.263 e. The van der Waals surface area contributed by atoms with E-state index in [1.54, 1.807) is 0 Å². The van der Waals surface area contributed by atoms with Crippen molar-refractivity contribution in [1.29, 1.82) is 0 Å². The molecule has 2 N–H and O–H groups in total. The minimum atomic E-state index is -0.322. The van der Waals surface area contributed by atoms with Gasteiger partial charge < -0.3 is 15.5 Å². The van der Waals surface area contributed by atoms with E-state index in [4.69, 9.17) is 11.6 Å². The van der Waals surface area contributed by atoms with E-state index in [9.17, 15) is 9.59 Å². The number of carbonyl (C=O) groups excluding carboxylic acids is 2. The molecular weight excluding hydrogens is 382 g/mol. The van der Waals surface area contributed by atoms with Crippen LogP contribution >= 0.6 is 22.9 Å². The highest BCUT2D eigenvalue weighted by Gasteiger charge is 2.26. The molecule has 0 aliphatic rings. The number of nitrogens with one attached hydrogen (secondary N) is 2. The van der Waals surface area contributed by atoms with Gasteiger partial charge in [0.2, 0.25) is 5.91 Å². The number of hydrogen-bond donors (Lipinski definition) is 2. The Kier molecular flexibility index (Phi) is 7.25. The van der Waals surface area contributed by atoms with Crippen molar-refractivity contribution in [2.75, 3.05) is 27.2 Å². The lowest BCUT2D eigenvalue weighted by Gasteiger charge is -2.32. The summed E-state index contributed by atoms with van der Waals surface area (Å²) in [6.07, 6.45) is 0.846. The van der Waals surface area contributed by atoms with Gasteiger partial charge in [-0.3, -0.25) is 9.59 Å². The number of nitrogens with zero attached hydrogens (tertiary/aromatic N) is 1. The Balaban J connectivity index is 1.96. The van der Waals surface area contributed by atoms with Crippen LogP contribution in [0.25, 0.3) is 10.1 Å². The molecular formula is C20H28ClN3O2S. The van der Waals surface area contributed by atoms with E-state index in [2.05, 4.69) is 36.3 Å². The Labute approximate surface area is 170 Å². The molecule has 0 aliphatic heterocycles. The van der Waals surface area contributed by atoms with Gasteiger partial charge in [-0.05, 0) is 38.5 Å². The zero-order valence-electron chi connectivity index (χ0n) is 16.6. The van der Waals surface area contributed by atoms with Gasteiger partial charge in [0.1, 0.15) is 4.88 Å². The number of thiophene rings is 1. The standard InChI is InChI=1S/C20H28ClN3O2S/c1-20(2,3)15(10-11-24(4)5)23-16(25)12-22-19(26)18-17(21)13-8-6-7-9-14(13)27-18/h6-9,15H,10-12H2,1-5H3,(H,22,26)(H,23,25). The van der Waals surface area contributed by atoms with E-state index in [0.717, 1.165) is 23.1 Å². The summed E-state index contributed by atoms with van der Waals surface area (Å²) in [6, 6.07) is 7.63. The molecule has 0 saturated carbocycles. The number of benzene rings is 1. The average Bonchev–Trinajstić information content (AvgIpc) is 2.92. The molecule has 1 unspecified atom stereocenters. The predicted octanol–water partition coefficient (Wildman–Crippen LogP) is 3.77. The number of hydrogen-bond acceptors (Lipinski definition) is 4. The molecule has 1 aromatic carbocycles. The van der Waals surface area contributed by atoms with Crippen LogP contribution in [0.5, 0.6) is 0 Å². The highest BCUT2D eigenvalue weighted by molar-refractivity contribution is 7.21. The number of rotatable bonds is 7. The molecule has 0 fully saturated rings. The fourth-order valence-electron chi connectivity index (χ4n) is 2.76. The van der Waals surface area contributed by atoms with Crippen LogP contribution in [0.4, 0.5) is 0 Å². The minimum absolute atomic E-state index is 0.0252. The third kappa shape index (κ3) is 5.92. The van der Waals surface area contributed by atoms with E-state index in [1.165, 1.54) is 11.3 Å². The first-order chi connectivity index (χ1) is 12.6. The maximum absolute atomic E-state index is 12.5. The Morgan fingerprint density at radius 3 is 2.48 bits per heavy atom. The number of carbonyl (C=O) groups is 2. The fraction of sp³-hybridized carbons (Fsp3) is 0.500. The summed E-state index contributed by atoms with van der Waals surface area (Å²) >= 11 is 7.66. The van der Waals surface area contributed by atoms with Crippen molar-refractivity contribution < 1.29 is 9.59 Å². The molecule has 27 heavy (non-hydrogen) atoms. The molecule has 0 bridgehead atoms. The second-order valence-corrected chi connectivity index (χ2v) is 9.43. The Morgan fingerprint density at radius 2 is 1.89 bits per heavy atom.